The number of nitrogens with one attached hydrogen (secondary N) is 2. The van der Waals surface area contributed by atoms with E-state index in [-0.39, 0.29) is 0 Å². The van der Waals surface area contributed by atoms with E-state index in [0.29, 0.717) is 11.6 Å². The number of aromatic nitrogens is 1. The SMILES string of the molecule is N=Cc1c(N)cccc1C1CCN(Cc2c[nH]c3ccccc23)C1. The molecule has 4 N–H and O–H groups in total. The summed E-state index contributed by atoms with van der Waals surface area (Å²) >= 11 is 0. The molecule has 1 fully saturated rings. The summed E-state index contributed by atoms with van der Waals surface area (Å²) < 4.78 is 0. The first kappa shape index (κ1) is 15.0. The lowest BCUT2D eigenvalue weighted by Gasteiger charge is -2.17. The van der Waals surface area contributed by atoms with E-state index in [1.165, 1.54) is 28.2 Å². The minimum Gasteiger partial charge on any atom is -0.398 e. The van der Waals surface area contributed by atoms with Crippen LogP contribution in [-0.4, -0.2) is 29.2 Å². The molecular formula is C20H22N4. The molecule has 2 heterocycles. The molecule has 0 amide bonds. The molecule has 0 radical (unpaired) electrons. The monoisotopic (exact) mass is 318 g/mol. The van der Waals surface area contributed by atoms with Gasteiger partial charge in [0.2, 0.25) is 0 Å². The zero-order chi connectivity index (χ0) is 16.5. The van der Waals surface area contributed by atoms with Gasteiger partial charge in [-0.15, -0.1) is 0 Å². The lowest BCUT2D eigenvalue weighted by atomic mass is 9.93. The van der Waals surface area contributed by atoms with E-state index in [9.17, 15) is 0 Å². The predicted molar refractivity (Wildman–Crippen MR) is 99.7 cm³/mol. The third-order valence-electron chi connectivity index (χ3n) is 5.10. The van der Waals surface area contributed by atoms with Crippen molar-refractivity contribution in [1.82, 2.24) is 9.88 Å². The second-order valence-electron chi connectivity index (χ2n) is 6.57. The van der Waals surface area contributed by atoms with Crippen LogP contribution >= 0.6 is 0 Å². The molecular weight excluding hydrogens is 296 g/mol. The van der Waals surface area contributed by atoms with Gasteiger partial charge in [0, 0.05) is 47.7 Å². The summed E-state index contributed by atoms with van der Waals surface area (Å²) in [5.41, 5.74) is 11.4. The number of fused-ring (bicyclic) bond motifs is 1. The average molecular weight is 318 g/mol. The van der Waals surface area contributed by atoms with Crippen LogP contribution in [-0.2, 0) is 6.54 Å². The van der Waals surface area contributed by atoms with E-state index in [1.807, 2.05) is 12.1 Å². The highest BCUT2D eigenvalue weighted by Gasteiger charge is 2.26. The summed E-state index contributed by atoms with van der Waals surface area (Å²) in [6.07, 6.45) is 4.64. The molecule has 0 spiro atoms. The minimum absolute atomic E-state index is 0.454. The quantitative estimate of drug-likeness (QED) is 0.507. The van der Waals surface area contributed by atoms with Gasteiger partial charge < -0.3 is 16.1 Å². The summed E-state index contributed by atoms with van der Waals surface area (Å²) in [5, 5.41) is 8.98. The highest BCUT2D eigenvalue weighted by atomic mass is 15.1. The number of rotatable bonds is 4. The summed E-state index contributed by atoms with van der Waals surface area (Å²) in [6, 6.07) is 14.5. The van der Waals surface area contributed by atoms with Crippen molar-refractivity contribution in [2.24, 2.45) is 0 Å². The number of para-hydroxylation sites is 1. The Morgan fingerprint density at radius 1 is 1.21 bits per heavy atom. The van der Waals surface area contributed by atoms with Crippen LogP contribution in [0.15, 0.2) is 48.7 Å². The van der Waals surface area contributed by atoms with Gasteiger partial charge in [-0.05, 0) is 42.1 Å². The lowest BCUT2D eigenvalue weighted by molar-refractivity contribution is 0.328. The maximum atomic E-state index is 7.67. The molecule has 1 saturated heterocycles. The summed E-state index contributed by atoms with van der Waals surface area (Å²) in [7, 11) is 0. The fourth-order valence-electron chi connectivity index (χ4n) is 3.86. The van der Waals surface area contributed by atoms with E-state index in [0.717, 1.165) is 31.6 Å². The maximum Gasteiger partial charge on any atom is 0.0457 e. The Morgan fingerprint density at radius 2 is 2.08 bits per heavy atom. The second-order valence-corrected chi connectivity index (χ2v) is 6.57. The number of likely N-dealkylation sites (tertiary alicyclic amines) is 1. The smallest absolute Gasteiger partial charge is 0.0457 e. The first-order valence-corrected chi connectivity index (χ1v) is 8.42. The normalized spacial score (nSPS) is 18.2. The molecule has 1 aromatic heterocycles. The maximum absolute atomic E-state index is 7.67. The van der Waals surface area contributed by atoms with Crippen LogP contribution in [0.3, 0.4) is 0 Å². The first-order valence-electron chi connectivity index (χ1n) is 8.42. The average Bonchev–Trinajstić information content (AvgIpc) is 3.23. The van der Waals surface area contributed by atoms with Crippen molar-refractivity contribution < 1.29 is 0 Å². The molecule has 4 rings (SSSR count). The van der Waals surface area contributed by atoms with E-state index < -0.39 is 0 Å². The van der Waals surface area contributed by atoms with Crippen LogP contribution in [0.5, 0.6) is 0 Å². The topological polar surface area (TPSA) is 68.9 Å². The number of nitrogen functional groups attached to an aromatic ring is 1. The van der Waals surface area contributed by atoms with Crippen molar-refractivity contribution in [3.05, 3.63) is 65.4 Å². The largest absolute Gasteiger partial charge is 0.398 e. The van der Waals surface area contributed by atoms with Gasteiger partial charge in [0.25, 0.3) is 0 Å². The third-order valence-corrected chi connectivity index (χ3v) is 5.10. The Hall–Kier alpha value is -2.59. The molecule has 1 aliphatic rings. The Kier molecular flexibility index (Phi) is 3.82. The van der Waals surface area contributed by atoms with Gasteiger partial charge in [0.05, 0.1) is 0 Å². The van der Waals surface area contributed by atoms with E-state index in [2.05, 4.69) is 46.4 Å². The molecule has 122 valence electrons. The first-order chi connectivity index (χ1) is 11.8. The van der Waals surface area contributed by atoms with Gasteiger partial charge in [-0.1, -0.05) is 30.3 Å². The van der Waals surface area contributed by atoms with Crippen LogP contribution in [0.4, 0.5) is 5.69 Å². The number of anilines is 1. The Bertz CT molecular complexity index is 880. The highest BCUT2D eigenvalue weighted by molar-refractivity contribution is 5.87. The molecule has 4 nitrogen and oxygen atoms in total. The molecule has 0 bridgehead atoms. The van der Waals surface area contributed by atoms with Crippen molar-refractivity contribution in [3.63, 3.8) is 0 Å². The Balaban J connectivity index is 1.53. The van der Waals surface area contributed by atoms with Crippen molar-refractivity contribution in [3.8, 4) is 0 Å². The summed E-state index contributed by atoms with van der Waals surface area (Å²) in [5.74, 6) is 0.454. The van der Waals surface area contributed by atoms with Crippen LogP contribution in [0.1, 0.15) is 29.0 Å². The van der Waals surface area contributed by atoms with Gasteiger partial charge in [-0.25, -0.2) is 0 Å². The standard InChI is InChI=1S/C20H22N4/c21-10-18-16(5-3-6-19(18)22)14-8-9-24(12-14)13-15-11-23-20-7-2-1-4-17(15)20/h1-7,10-11,14,21,23H,8-9,12-13,22H2. The van der Waals surface area contributed by atoms with Gasteiger partial charge in [-0.2, -0.15) is 0 Å². The molecule has 0 aliphatic carbocycles. The summed E-state index contributed by atoms with van der Waals surface area (Å²) in [6.45, 7) is 3.06. The molecule has 3 aromatic rings. The molecule has 0 saturated carbocycles. The molecule has 1 aliphatic heterocycles. The number of aromatic amines is 1. The fourth-order valence-corrected chi connectivity index (χ4v) is 3.86. The van der Waals surface area contributed by atoms with Crippen molar-refractivity contribution in [2.75, 3.05) is 18.8 Å². The number of benzene rings is 2. The molecule has 4 heteroatoms. The minimum atomic E-state index is 0.454. The molecule has 24 heavy (non-hydrogen) atoms. The third kappa shape index (κ3) is 2.59. The number of nitrogens with two attached hydrogens (primary N) is 1. The zero-order valence-corrected chi connectivity index (χ0v) is 13.6. The number of H-pyrrole nitrogens is 1. The zero-order valence-electron chi connectivity index (χ0n) is 13.6. The summed E-state index contributed by atoms with van der Waals surface area (Å²) in [4.78, 5) is 5.85. The Labute approximate surface area is 141 Å². The van der Waals surface area contributed by atoms with Gasteiger partial charge >= 0.3 is 0 Å². The van der Waals surface area contributed by atoms with E-state index in [1.54, 1.807) is 0 Å². The number of nitrogens with zero attached hydrogens (tertiary/aromatic N) is 1. The second kappa shape index (κ2) is 6.13. The van der Waals surface area contributed by atoms with E-state index >= 15 is 0 Å². The van der Waals surface area contributed by atoms with Crippen molar-refractivity contribution in [2.45, 2.75) is 18.9 Å². The molecule has 1 atom stereocenters. The highest BCUT2D eigenvalue weighted by Crippen LogP contribution is 2.32. The van der Waals surface area contributed by atoms with Gasteiger partial charge in [-0.3, -0.25) is 4.90 Å². The predicted octanol–water partition coefficient (Wildman–Crippen LogP) is 3.74. The van der Waals surface area contributed by atoms with Crippen LogP contribution in [0, 0.1) is 5.41 Å². The van der Waals surface area contributed by atoms with Crippen molar-refractivity contribution >= 4 is 22.8 Å². The fraction of sp³-hybridized carbons (Fsp3) is 0.250. The number of hydrogen-bond acceptors (Lipinski definition) is 3. The van der Waals surface area contributed by atoms with Crippen LogP contribution in [0.2, 0.25) is 0 Å². The van der Waals surface area contributed by atoms with Gasteiger partial charge in [0.1, 0.15) is 0 Å². The number of hydrogen-bond donors (Lipinski definition) is 3. The van der Waals surface area contributed by atoms with Gasteiger partial charge in [0.15, 0.2) is 0 Å². The van der Waals surface area contributed by atoms with Crippen LogP contribution < -0.4 is 5.73 Å². The lowest BCUT2D eigenvalue weighted by Crippen LogP contribution is -2.20. The van der Waals surface area contributed by atoms with E-state index in [4.69, 9.17) is 11.1 Å². The van der Waals surface area contributed by atoms with Crippen molar-refractivity contribution in [1.29, 1.82) is 5.41 Å². The van der Waals surface area contributed by atoms with Crippen LogP contribution in [0.25, 0.3) is 10.9 Å². The molecule has 2 aromatic carbocycles. The Morgan fingerprint density at radius 3 is 2.96 bits per heavy atom. The molecule has 1 unspecified atom stereocenters.